The maximum atomic E-state index is 15.2. The van der Waals surface area contributed by atoms with E-state index in [2.05, 4.69) is 25.6 Å². The molecule has 4 heterocycles. The molecule has 1 saturated heterocycles. The highest BCUT2D eigenvalue weighted by Crippen LogP contribution is 2.31. The number of likely N-dealkylation sites (N-methyl/N-ethyl adjacent to an activating group) is 1. The van der Waals surface area contributed by atoms with Crippen molar-refractivity contribution in [3.63, 3.8) is 0 Å². The summed E-state index contributed by atoms with van der Waals surface area (Å²) in [7, 11) is 3.98. The minimum absolute atomic E-state index is 0.317. The van der Waals surface area contributed by atoms with Gasteiger partial charge in [0.15, 0.2) is 11.4 Å². The van der Waals surface area contributed by atoms with Crippen molar-refractivity contribution in [3.8, 4) is 17.0 Å². The standard InChI is InChI=1S/C24H28FN7O/c1-15-14-32-24(27-15)23(33-9-8-31(2)3)13-21(30-32)17-10-19(25)18-12-20(28-29-22(18)11-17)16-4-6-26-7-5-16/h10-14,16,26H,4-9H2,1-3H3. The fraction of sp³-hybridized carbons (Fsp3) is 0.417. The number of halogens is 1. The van der Waals surface area contributed by atoms with Gasteiger partial charge in [-0.1, -0.05) is 0 Å². The first-order valence-corrected chi connectivity index (χ1v) is 11.3. The highest BCUT2D eigenvalue weighted by molar-refractivity contribution is 5.84. The summed E-state index contributed by atoms with van der Waals surface area (Å²) in [6.07, 6.45) is 3.82. The topological polar surface area (TPSA) is 80.5 Å². The lowest BCUT2D eigenvalue weighted by Gasteiger charge is -2.21. The van der Waals surface area contributed by atoms with Crippen LogP contribution in [0.25, 0.3) is 27.8 Å². The van der Waals surface area contributed by atoms with E-state index in [1.165, 1.54) is 6.07 Å². The van der Waals surface area contributed by atoms with E-state index in [0.29, 0.717) is 46.1 Å². The van der Waals surface area contributed by atoms with Gasteiger partial charge >= 0.3 is 0 Å². The highest BCUT2D eigenvalue weighted by Gasteiger charge is 2.19. The minimum atomic E-state index is -0.327. The van der Waals surface area contributed by atoms with Gasteiger partial charge in [0.1, 0.15) is 12.4 Å². The van der Waals surface area contributed by atoms with Crippen LogP contribution in [0.3, 0.4) is 0 Å². The van der Waals surface area contributed by atoms with E-state index >= 15 is 4.39 Å². The minimum Gasteiger partial charge on any atom is -0.488 e. The second kappa shape index (κ2) is 8.99. The molecule has 4 aromatic rings. The SMILES string of the molecule is Cc1cn2nc(-c3cc(F)c4cc(C5CCNCC5)nnc4c3)cc(OCCN(C)C)c2n1. The van der Waals surface area contributed by atoms with Crippen molar-refractivity contribution in [2.45, 2.75) is 25.7 Å². The monoisotopic (exact) mass is 449 g/mol. The molecule has 1 fully saturated rings. The van der Waals surface area contributed by atoms with Crippen molar-refractivity contribution in [1.82, 2.24) is 35.0 Å². The molecule has 3 aromatic heterocycles. The van der Waals surface area contributed by atoms with Gasteiger partial charge in [-0.05, 0) is 65.1 Å². The molecule has 0 bridgehead atoms. The lowest BCUT2D eigenvalue weighted by Crippen LogP contribution is -2.27. The predicted octanol–water partition coefficient (Wildman–Crippen LogP) is 3.19. The number of aromatic nitrogens is 5. The first-order valence-electron chi connectivity index (χ1n) is 11.3. The van der Waals surface area contributed by atoms with Crippen LogP contribution in [0.5, 0.6) is 5.75 Å². The van der Waals surface area contributed by atoms with E-state index < -0.39 is 0 Å². The molecule has 1 aromatic carbocycles. The van der Waals surface area contributed by atoms with Gasteiger partial charge in [0.25, 0.3) is 0 Å². The maximum Gasteiger partial charge on any atom is 0.196 e. The van der Waals surface area contributed by atoms with Crippen LogP contribution in [0, 0.1) is 12.7 Å². The molecule has 0 aliphatic carbocycles. The average molecular weight is 450 g/mol. The number of benzene rings is 1. The summed E-state index contributed by atoms with van der Waals surface area (Å²) in [5.74, 6) is 0.604. The summed E-state index contributed by atoms with van der Waals surface area (Å²) in [5, 5.41) is 17.3. The number of nitrogens with one attached hydrogen (secondary N) is 1. The van der Waals surface area contributed by atoms with Crippen LogP contribution in [-0.4, -0.2) is 70.0 Å². The Morgan fingerprint density at radius 1 is 1.15 bits per heavy atom. The summed E-state index contributed by atoms with van der Waals surface area (Å²) in [6, 6.07) is 7.01. The van der Waals surface area contributed by atoms with Gasteiger partial charge in [-0.25, -0.2) is 13.9 Å². The molecule has 172 valence electrons. The van der Waals surface area contributed by atoms with Crippen molar-refractivity contribution < 1.29 is 9.13 Å². The van der Waals surface area contributed by atoms with Gasteiger partial charge in [-0.3, -0.25) is 0 Å². The molecule has 0 spiro atoms. The third-order valence-electron chi connectivity index (χ3n) is 6.03. The van der Waals surface area contributed by atoms with Crippen LogP contribution in [0.1, 0.15) is 30.1 Å². The number of nitrogens with zero attached hydrogens (tertiary/aromatic N) is 6. The Hall–Kier alpha value is -3.17. The number of fused-ring (bicyclic) bond motifs is 2. The fourth-order valence-corrected chi connectivity index (χ4v) is 4.23. The third kappa shape index (κ3) is 4.51. The lowest BCUT2D eigenvalue weighted by molar-refractivity contribution is 0.262. The van der Waals surface area contributed by atoms with Crippen LogP contribution in [0.4, 0.5) is 4.39 Å². The Labute approximate surface area is 191 Å². The van der Waals surface area contributed by atoms with E-state index in [1.807, 2.05) is 50.3 Å². The van der Waals surface area contributed by atoms with Crippen LogP contribution in [0.15, 0.2) is 30.5 Å². The zero-order valence-electron chi connectivity index (χ0n) is 19.2. The molecular formula is C24H28FN7O. The smallest absolute Gasteiger partial charge is 0.196 e. The number of hydrogen-bond acceptors (Lipinski definition) is 7. The van der Waals surface area contributed by atoms with Crippen LogP contribution in [0.2, 0.25) is 0 Å². The van der Waals surface area contributed by atoms with E-state index in [9.17, 15) is 0 Å². The summed E-state index contributed by atoms with van der Waals surface area (Å²) >= 11 is 0. The van der Waals surface area contributed by atoms with E-state index in [0.717, 1.165) is 43.9 Å². The molecule has 5 rings (SSSR count). The summed E-state index contributed by atoms with van der Waals surface area (Å²) < 4.78 is 22.9. The molecular weight excluding hydrogens is 421 g/mol. The fourth-order valence-electron chi connectivity index (χ4n) is 4.23. The molecule has 0 radical (unpaired) electrons. The molecule has 0 saturated carbocycles. The molecule has 8 nitrogen and oxygen atoms in total. The normalized spacial score (nSPS) is 15.1. The van der Waals surface area contributed by atoms with Crippen LogP contribution < -0.4 is 10.1 Å². The third-order valence-corrected chi connectivity index (χ3v) is 6.03. The molecule has 0 amide bonds. The van der Waals surface area contributed by atoms with Gasteiger partial charge in [0.05, 0.1) is 28.8 Å². The van der Waals surface area contributed by atoms with E-state index in [-0.39, 0.29) is 5.82 Å². The number of piperidine rings is 1. The first kappa shape index (κ1) is 21.7. The zero-order valence-corrected chi connectivity index (χ0v) is 19.2. The number of ether oxygens (including phenoxy) is 1. The van der Waals surface area contributed by atoms with Gasteiger partial charge < -0.3 is 15.0 Å². The largest absolute Gasteiger partial charge is 0.488 e. The second-order valence-electron chi connectivity index (χ2n) is 8.88. The molecule has 33 heavy (non-hydrogen) atoms. The van der Waals surface area contributed by atoms with Gasteiger partial charge in [0, 0.05) is 29.5 Å². The maximum absolute atomic E-state index is 15.2. The quantitative estimate of drug-likeness (QED) is 0.484. The number of rotatable bonds is 6. The van der Waals surface area contributed by atoms with Crippen molar-refractivity contribution >= 4 is 16.6 Å². The average Bonchev–Trinajstić information content (AvgIpc) is 3.19. The van der Waals surface area contributed by atoms with Crippen molar-refractivity contribution in [2.75, 3.05) is 40.3 Å². The van der Waals surface area contributed by atoms with E-state index in [4.69, 9.17) is 4.74 Å². The molecule has 0 atom stereocenters. The Morgan fingerprint density at radius 3 is 2.76 bits per heavy atom. The lowest BCUT2D eigenvalue weighted by atomic mass is 9.93. The molecule has 1 N–H and O–H groups in total. The Kier molecular flexibility index (Phi) is 5.90. The van der Waals surface area contributed by atoms with Crippen molar-refractivity contribution in [2.24, 2.45) is 0 Å². The molecule has 0 unspecified atom stereocenters. The Balaban J connectivity index is 1.53. The zero-order chi connectivity index (χ0) is 22.9. The summed E-state index contributed by atoms with van der Waals surface area (Å²) in [5.41, 5.74) is 4.06. The predicted molar refractivity (Wildman–Crippen MR) is 125 cm³/mol. The van der Waals surface area contributed by atoms with Crippen LogP contribution >= 0.6 is 0 Å². The number of hydrogen-bond donors (Lipinski definition) is 1. The first-order chi connectivity index (χ1) is 16.0. The second-order valence-corrected chi connectivity index (χ2v) is 8.88. The summed E-state index contributed by atoms with van der Waals surface area (Å²) in [6.45, 7) is 5.08. The Morgan fingerprint density at radius 2 is 1.97 bits per heavy atom. The van der Waals surface area contributed by atoms with E-state index in [1.54, 1.807) is 4.52 Å². The number of imidazole rings is 1. The Bertz CT molecular complexity index is 1300. The van der Waals surface area contributed by atoms with Crippen LogP contribution in [-0.2, 0) is 0 Å². The highest BCUT2D eigenvalue weighted by atomic mass is 19.1. The van der Waals surface area contributed by atoms with Gasteiger partial charge in [-0.15, -0.1) is 0 Å². The number of aryl methyl sites for hydroxylation is 1. The van der Waals surface area contributed by atoms with Crippen molar-refractivity contribution in [3.05, 3.63) is 47.7 Å². The van der Waals surface area contributed by atoms with Gasteiger partial charge in [0.2, 0.25) is 0 Å². The molecule has 9 heteroatoms. The molecule has 1 aliphatic heterocycles. The van der Waals surface area contributed by atoms with Gasteiger partial charge in [-0.2, -0.15) is 15.3 Å². The summed E-state index contributed by atoms with van der Waals surface area (Å²) in [4.78, 5) is 6.58. The van der Waals surface area contributed by atoms with Crippen molar-refractivity contribution in [1.29, 1.82) is 0 Å². The molecule has 1 aliphatic rings.